The number of carbonyl (C=O) groups is 1. The van der Waals surface area contributed by atoms with Gasteiger partial charge in [-0.25, -0.2) is 4.99 Å². The first kappa shape index (κ1) is 19.4. The van der Waals surface area contributed by atoms with Crippen LogP contribution in [0.25, 0.3) is 0 Å². The summed E-state index contributed by atoms with van der Waals surface area (Å²) in [6.07, 6.45) is 13.5. The third-order valence-electron chi connectivity index (χ3n) is 7.03. The quantitative estimate of drug-likeness (QED) is 0.804. The van der Waals surface area contributed by atoms with Gasteiger partial charge in [-0.2, -0.15) is 0 Å². The first-order chi connectivity index (χ1) is 13.5. The SMILES string of the molecule is CN(C)C1CCC(COC2=NC=CCC3=C2C2=C(CC[C@H](C(N)=O)C2)C3)CC1. The van der Waals surface area contributed by atoms with Gasteiger partial charge in [0.15, 0.2) is 0 Å². The van der Waals surface area contributed by atoms with Crippen LogP contribution < -0.4 is 5.73 Å². The third kappa shape index (κ3) is 3.95. The average Bonchev–Trinajstić information content (AvgIpc) is 2.93. The minimum absolute atomic E-state index is 0.0515. The molecule has 0 aromatic heterocycles. The Hall–Kier alpha value is -1.88. The predicted octanol–water partition coefficient (Wildman–Crippen LogP) is 3.72. The van der Waals surface area contributed by atoms with Crippen LogP contribution in [0.3, 0.4) is 0 Å². The topological polar surface area (TPSA) is 67.9 Å². The molecule has 4 rings (SSSR count). The molecule has 1 saturated carbocycles. The first-order valence-electron chi connectivity index (χ1n) is 10.8. The van der Waals surface area contributed by atoms with E-state index in [1.54, 1.807) is 0 Å². The molecule has 5 nitrogen and oxygen atoms in total. The molecule has 1 amide bonds. The second-order valence-electron chi connectivity index (χ2n) is 9.05. The van der Waals surface area contributed by atoms with Crippen LogP contribution in [0.4, 0.5) is 0 Å². The number of primary amides is 1. The molecule has 0 saturated heterocycles. The Morgan fingerprint density at radius 2 is 2.00 bits per heavy atom. The van der Waals surface area contributed by atoms with E-state index in [-0.39, 0.29) is 11.8 Å². The van der Waals surface area contributed by atoms with Gasteiger partial charge in [0, 0.05) is 23.7 Å². The maximum absolute atomic E-state index is 11.8. The molecule has 3 aliphatic carbocycles. The van der Waals surface area contributed by atoms with Crippen molar-refractivity contribution in [3.05, 3.63) is 34.6 Å². The molecule has 28 heavy (non-hydrogen) atoms. The largest absolute Gasteiger partial charge is 0.477 e. The van der Waals surface area contributed by atoms with Gasteiger partial charge in [0.05, 0.1) is 6.61 Å². The van der Waals surface area contributed by atoms with Crippen LogP contribution in [0.1, 0.15) is 57.8 Å². The minimum atomic E-state index is -0.176. The lowest BCUT2D eigenvalue weighted by atomic mass is 9.82. The number of nitrogens with zero attached hydrogens (tertiary/aromatic N) is 2. The van der Waals surface area contributed by atoms with Crippen LogP contribution in [-0.4, -0.2) is 43.4 Å². The van der Waals surface area contributed by atoms with Gasteiger partial charge in [-0.05, 0) is 88.9 Å². The molecule has 0 aromatic carbocycles. The first-order valence-corrected chi connectivity index (χ1v) is 10.8. The average molecular weight is 384 g/mol. The zero-order valence-electron chi connectivity index (χ0n) is 17.2. The summed E-state index contributed by atoms with van der Waals surface area (Å²) < 4.78 is 6.33. The monoisotopic (exact) mass is 383 g/mol. The molecule has 1 heterocycles. The van der Waals surface area contributed by atoms with E-state index in [1.807, 2.05) is 6.20 Å². The van der Waals surface area contributed by atoms with Gasteiger partial charge in [-0.3, -0.25) is 4.79 Å². The summed E-state index contributed by atoms with van der Waals surface area (Å²) in [6, 6.07) is 0.708. The summed E-state index contributed by atoms with van der Waals surface area (Å²) in [5.74, 6) is 1.15. The van der Waals surface area contributed by atoms with E-state index in [2.05, 4.69) is 30.1 Å². The zero-order valence-corrected chi connectivity index (χ0v) is 17.2. The highest BCUT2D eigenvalue weighted by atomic mass is 16.5. The van der Waals surface area contributed by atoms with Gasteiger partial charge in [-0.1, -0.05) is 11.6 Å². The molecule has 2 N–H and O–H groups in total. The van der Waals surface area contributed by atoms with Crippen LogP contribution in [0.15, 0.2) is 39.6 Å². The smallest absolute Gasteiger partial charge is 0.220 e. The summed E-state index contributed by atoms with van der Waals surface area (Å²) in [6.45, 7) is 0.742. The second kappa shape index (κ2) is 8.24. The Morgan fingerprint density at radius 1 is 1.21 bits per heavy atom. The number of rotatable bonds is 4. The Morgan fingerprint density at radius 3 is 2.71 bits per heavy atom. The van der Waals surface area contributed by atoms with Crippen LogP contribution in [0.5, 0.6) is 0 Å². The summed E-state index contributed by atoms with van der Waals surface area (Å²) in [5.41, 5.74) is 11.0. The highest BCUT2D eigenvalue weighted by Crippen LogP contribution is 2.45. The van der Waals surface area contributed by atoms with Crippen molar-refractivity contribution in [2.24, 2.45) is 22.6 Å². The van der Waals surface area contributed by atoms with Crippen molar-refractivity contribution in [2.45, 2.75) is 63.8 Å². The maximum Gasteiger partial charge on any atom is 0.220 e. The normalized spacial score (nSPS) is 30.1. The summed E-state index contributed by atoms with van der Waals surface area (Å²) in [4.78, 5) is 18.8. The number of ether oxygens (including phenoxy) is 1. The van der Waals surface area contributed by atoms with Gasteiger partial charge >= 0.3 is 0 Å². The van der Waals surface area contributed by atoms with Crippen LogP contribution in [-0.2, 0) is 9.53 Å². The van der Waals surface area contributed by atoms with Crippen molar-refractivity contribution in [1.29, 1.82) is 0 Å². The summed E-state index contributed by atoms with van der Waals surface area (Å²) in [5, 5.41) is 0. The van der Waals surface area contributed by atoms with Crippen LogP contribution in [0.2, 0.25) is 0 Å². The van der Waals surface area contributed by atoms with E-state index in [0.717, 1.165) is 44.6 Å². The number of aliphatic imine (C=N–C) groups is 1. The highest BCUT2D eigenvalue weighted by molar-refractivity contribution is 6.01. The zero-order chi connectivity index (χ0) is 19.7. The fourth-order valence-electron chi connectivity index (χ4n) is 5.24. The number of allylic oxidation sites excluding steroid dienone is 3. The van der Waals surface area contributed by atoms with E-state index >= 15 is 0 Å². The number of hydrogen-bond acceptors (Lipinski definition) is 4. The van der Waals surface area contributed by atoms with Crippen LogP contribution >= 0.6 is 0 Å². The number of carbonyl (C=O) groups excluding carboxylic acids is 1. The van der Waals surface area contributed by atoms with E-state index in [0.29, 0.717) is 12.0 Å². The lowest BCUT2D eigenvalue weighted by molar-refractivity contribution is -0.122. The van der Waals surface area contributed by atoms with Crippen molar-refractivity contribution in [1.82, 2.24) is 4.90 Å². The fraction of sp³-hybridized carbons (Fsp3) is 0.652. The molecule has 5 heteroatoms. The Kier molecular flexibility index (Phi) is 5.72. The number of nitrogens with two attached hydrogens (primary N) is 1. The second-order valence-corrected chi connectivity index (χ2v) is 9.05. The molecule has 4 aliphatic rings. The van der Waals surface area contributed by atoms with Crippen molar-refractivity contribution in [2.75, 3.05) is 20.7 Å². The molecule has 0 aromatic rings. The standard InChI is InChI=1S/C23H33N3O2/c1-26(2)19-9-5-15(6-10-19)14-28-23-21-17(4-3-11-25-23)12-16-7-8-18(22(24)27)13-20(16)21/h3,11,15,18-19H,4-10,12-14H2,1-2H3,(H2,24,27)/t15?,18-,19?/m0/s1. The molecule has 1 aliphatic heterocycles. The molecular formula is C23H33N3O2. The van der Waals surface area contributed by atoms with E-state index in [1.165, 1.54) is 48.0 Å². The molecule has 0 unspecified atom stereocenters. The number of fused-ring (bicyclic) bond motifs is 1. The minimum Gasteiger partial charge on any atom is -0.477 e. The van der Waals surface area contributed by atoms with E-state index < -0.39 is 0 Å². The molecule has 0 spiro atoms. The summed E-state index contributed by atoms with van der Waals surface area (Å²) in [7, 11) is 4.36. The predicted molar refractivity (Wildman–Crippen MR) is 112 cm³/mol. The molecule has 0 radical (unpaired) electrons. The lowest BCUT2D eigenvalue weighted by Crippen LogP contribution is -2.33. The molecule has 1 atom stereocenters. The Balaban J connectivity index is 1.44. The highest BCUT2D eigenvalue weighted by Gasteiger charge is 2.35. The van der Waals surface area contributed by atoms with Crippen LogP contribution in [0, 0.1) is 11.8 Å². The van der Waals surface area contributed by atoms with Gasteiger partial charge in [0.25, 0.3) is 0 Å². The molecule has 1 fully saturated rings. The Bertz CT molecular complexity index is 752. The van der Waals surface area contributed by atoms with Crippen molar-refractivity contribution in [3.8, 4) is 0 Å². The third-order valence-corrected chi connectivity index (χ3v) is 7.03. The molecule has 152 valence electrons. The van der Waals surface area contributed by atoms with Crippen molar-refractivity contribution < 1.29 is 9.53 Å². The van der Waals surface area contributed by atoms with Gasteiger partial charge in [-0.15, -0.1) is 0 Å². The number of hydrogen-bond donors (Lipinski definition) is 1. The number of amides is 1. The van der Waals surface area contributed by atoms with E-state index in [4.69, 9.17) is 10.5 Å². The molecule has 0 bridgehead atoms. The van der Waals surface area contributed by atoms with Gasteiger partial charge in [0.1, 0.15) is 0 Å². The lowest BCUT2D eigenvalue weighted by Gasteiger charge is -2.32. The van der Waals surface area contributed by atoms with E-state index in [9.17, 15) is 4.79 Å². The van der Waals surface area contributed by atoms with Gasteiger partial charge in [0.2, 0.25) is 11.8 Å². The van der Waals surface area contributed by atoms with Gasteiger partial charge < -0.3 is 15.4 Å². The van der Waals surface area contributed by atoms with Crippen molar-refractivity contribution >= 4 is 11.8 Å². The molecular weight excluding hydrogens is 350 g/mol. The maximum atomic E-state index is 11.8. The fourth-order valence-corrected chi connectivity index (χ4v) is 5.24. The van der Waals surface area contributed by atoms with Crippen molar-refractivity contribution in [3.63, 3.8) is 0 Å². The Labute approximate surface area is 168 Å². The summed E-state index contributed by atoms with van der Waals surface area (Å²) >= 11 is 0.